The van der Waals surface area contributed by atoms with E-state index in [9.17, 15) is 0 Å². The molecule has 0 fully saturated rings. The molecule has 0 unspecified atom stereocenters. The van der Waals surface area contributed by atoms with E-state index in [0.717, 1.165) is 51.1 Å². The van der Waals surface area contributed by atoms with Crippen LogP contribution in [-0.2, 0) is 11.8 Å². The molecule has 5 aromatic rings. The molecule has 0 saturated heterocycles. The number of aromatic amines is 1. The number of fused-ring (bicyclic) bond motifs is 8. The summed E-state index contributed by atoms with van der Waals surface area (Å²) in [6, 6.07) is 12.6. The Morgan fingerprint density at radius 1 is 1.06 bits per heavy atom. The van der Waals surface area contributed by atoms with E-state index < -0.39 is 0 Å². The third-order valence-electron chi connectivity index (χ3n) is 7.04. The first-order valence-electron chi connectivity index (χ1n) is 11.0. The summed E-state index contributed by atoms with van der Waals surface area (Å²) < 4.78 is 11.4. The number of nitrogens with zero attached hydrogens (tertiary/aromatic N) is 1. The Morgan fingerprint density at radius 2 is 1.87 bits per heavy atom. The minimum absolute atomic E-state index is 0.178. The van der Waals surface area contributed by atoms with E-state index in [2.05, 4.69) is 50.0 Å². The van der Waals surface area contributed by atoms with Gasteiger partial charge in [0.1, 0.15) is 17.2 Å². The zero-order valence-electron chi connectivity index (χ0n) is 18.4. The van der Waals surface area contributed by atoms with E-state index in [-0.39, 0.29) is 5.41 Å². The summed E-state index contributed by atoms with van der Waals surface area (Å²) in [6.45, 7) is 6.82. The molecule has 0 atom stereocenters. The number of ether oxygens (including phenoxy) is 1. The average Bonchev–Trinajstić information content (AvgIpc) is 3.37. The maximum atomic E-state index is 6.09. The first-order chi connectivity index (χ1) is 15.0. The largest absolute Gasteiger partial charge is 0.497 e. The van der Waals surface area contributed by atoms with Crippen molar-refractivity contribution in [1.29, 1.82) is 0 Å². The topological polar surface area (TPSA) is 51.0 Å². The molecule has 6 rings (SSSR count). The van der Waals surface area contributed by atoms with E-state index >= 15 is 0 Å². The van der Waals surface area contributed by atoms with Crippen molar-refractivity contribution in [3.05, 3.63) is 59.4 Å². The number of nitrogens with one attached hydrogen (secondary N) is 1. The van der Waals surface area contributed by atoms with E-state index in [1.165, 1.54) is 34.7 Å². The fourth-order valence-electron chi connectivity index (χ4n) is 5.42. The second-order valence-electron chi connectivity index (χ2n) is 9.41. The molecular formula is C27H26N2O2. The van der Waals surface area contributed by atoms with Gasteiger partial charge in [-0.15, -0.1) is 0 Å². The molecule has 1 aliphatic carbocycles. The maximum absolute atomic E-state index is 6.09. The molecule has 1 aliphatic rings. The number of methoxy groups -OCH3 is 1. The Balaban J connectivity index is 1.74. The molecule has 3 aromatic carbocycles. The monoisotopic (exact) mass is 410 g/mol. The molecule has 4 nitrogen and oxygen atoms in total. The molecular weight excluding hydrogens is 384 g/mol. The van der Waals surface area contributed by atoms with Crippen molar-refractivity contribution in [2.75, 3.05) is 7.11 Å². The van der Waals surface area contributed by atoms with Crippen LogP contribution in [0.5, 0.6) is 5.75 Å². The van der Waals surface area contributed by atoms with Gasteiger partial charge in [-0.1, -0.05) is 26.0 Å². The normalized spacial score (nSPS) is 15.6. The first-order valence-corrected chi connectivity index (χ1v) is 11.0. The van der Waals surface area contributed by atoms with Crippen LogP contribution >= 0.6 is 0 Å². The van der Waals surface area contributed by atoms with Crippen molar-refractivity contribution in [3.63, 3.8) is 0 Å². The molecule has 0 amide bonds. The highest BCUT2D eigenvalue weighted by Gasteiger charge is 2.30. The number of furan rings is 1. The third-order valence-corrected chi connectivity index (χ3v) is 7.04. The Morgan fingerprint density at radius 3 is 2.65 bits per heavy atom. The van der Waals surface area contributed by atoms with Crippen molar-refractivity contribution in [1.82, 2.24) is 9.97 Å². The fraction of sp³-hybridized carbons (Fsp3) is 0.296. The molecule has 2 aromatic heterocycles. The van der Waals surface area contributed by atoms with Gasteiger partial charge in [0.05, 0.1) is 24.4 Å². The van der Waals surface area contributed by atoms with Crippen molar-refractivity contribution < 1.29 is 9.15 Å². The first kappa shape index (κ1) is 18.5. The van der Waals surface area contributed by atoms with Gasteiger partial charge in [0.25, 0.3) is 0 Å². The number of rotatable bonds is 2. The molecule has 31 heavy (non-hydrogen) atoms. The zero-order chi connectivity index (χ0) is 21.3. The molecule has 0 bridgehead atoms. The van der Waals surface area contributed by atoms with E-state index in [4.69, 9.17) is 14.1 Å². The fourth-order valence-corrected chi connectivity index (χ4v) is 5.42. The molecule has 0 radical (unpaired) electrons. The molecule has 1 N–H and O–H groups in total. The molecule has 2 heterocycles. The van der Waals surface area contributed by atoms with Crippen LogP contribution in [0.3, 0.4) is 0 Å². The lowest BCUT2D eigenvalue weighted by Crippen LogP contribution is -2.23. The van der Waals surface area contributed by atoms with Gasteiger partial charge in [-0.05, 0) is 72.6 Å². The third kappa shape index (κ3) is 2.57. The van der Waals surface area contributed by atoms with Gasteiger partial charge in [-0.3, -0.25) is 0 Å². The van der Waals surface area contributed by atoms with Gasteiger partial charge in [-0.25, -0.2) is 4.98 Å². The summed E-state index contributed by atoms with van der Waals surface area (Å²) in [7, 11) is 1.69. The summed E-state index contributed by atoms with van der Waals surface area (Å²) in [5, 5.41) is 3.54. The maximum Gasteiger partial charge on any atom is 0.144 e. The van der Waals surface area contributed by atoms with Gasteiger partial charge in [0.2, 0.25) is 0 Å². The van der Waals surface area contributed by atoms with E-state index in [1.807, 2.05) is 18.4 Å². The van der Waals surface area contributed by atoms with Gasteiger partial charge < -0.3 is 14.1 Å². The second-order valence-corrected chi connectivity index (χ2v) is 9.41. The smallest absolute Gasteiger partial charge is 0.144 e. The summed E-state index contributed by atoms with van der Waals surface area (Å²) in [5.74, 6) is 1.72. The van der Waals surface area contributed by atoms with Gasteiger partial charge in [-0.2, -0.15) is 0 Å². The van der Waals surface area contributed by atoms with Crippen LogP contribution in [-0.4, -0.2) is 17.1 Å². The predicted octanol–water partition coefficient (Wildman–Crippen LogP) is 7.06. The number of aromatic nitrogens is 2. The second kappa shape index (κ2) is 6.36. The number of benzene rings is 3. The SMILES string of the molecule is COc1ccc(-c2nc3c([nH]2)c2c(C)coc2c2ccc4c(c23)CCCC4(C)C)cc1. The lowest BCUT2D eigenvalue weighted by atomic mass is 9.71. The van der Waals surface area contributed by atoms with E-state index in [1.54, 1.807) is 7.11 Å². The summed E-state index contributed by atoms with van der Waals surface area (Å²) in [4.78, 5) is 8.78. The number of aryl methyl sites for hydroxylation is 2. The van der Waals surface area contributed by atoms with Gasteiger partial charge in [0, 0.05) is 21.7 Å². The highest BCUT2D eigenvalue weighted by Crippen LogP contribution is 2.45. The number of hydrogen-bond acceptors (Lipinski definition) is 3. The van der Waals surface area contributed by atoms with Crippen molar-refractivity contribution in [3.8, 4) is 17.1 Å². The standard InChI is InChI=1S/C27H26N2O2/c1-15-14-31-25-19-11-12-20-18(6-5-13-27(20,2)3)22(19)24-23(21(15)25)28-26(29-24)16-7-9-17(30-4)10-8-16/h7-12,14H,5-6,13H2,1-4H3,(H,28,29). The summed E-state index contributed by atoms with van der Waals surface area (Å²) >= 11 is 0. The molecule has 0 aliphatic heterocycles. The van der Waals surface area contributed by atoms with E-state index in [0.29, 0.717) is 0 Å². The lowest BCUT2D eigenvalue weighted by molar-refractivity contribution is 0.415. The number of H-pyrrole nitrogens is 1. The minimum Gasteiger partial charge on any atom is -0.497 e. The molecule has 0 spiro atoms. The van der Waals surface area contributed by atoms with Crippen molar-refractivity contribution >= 4 is 32.8 Å². The highest BCUT2D eigenvalue weighted by atomic mass is 16.5. The average molecular weight is 411 g/mol. The quantitative estimate of drug-likeness (QED) is 0.339. The van der Waals surface area contributed by atoms with Gasteiger partial charge in [0.15, 0.2) is 0 Å². The zero-order valence-corrected chi connectivity index (χ0v) is 18.4. The van der Waals surface area contributed by atoms with Crippen LogP contribution in [0.25, 0.3) is 44.2 Å². The molecule has 156 valence electrons. The summed E-state index contributed by atoms with van der Waals surface area (Å²) in [6.07, 6.45) is 5.36. The Hall–Kier alpha value is -3.27. The molecule has 4 heteroatoms. The van der Waals surface area contributed by atoms with Crippen LogP contribution in [0.1, 0.15) is 43.4 Å². The van der Waals surface area contributed by atoms with Crippen LogP contribution in [0.4, 0.5) is 0 Å². The highest BCUT2D eigenvalue weighted by molar-refractivity contribution is 6.23. The van der Waals surface area contributed by atoms with Crippen LogP contribution < -0.4 is 4.74 Å². The number of hydrogen-bond donors (Lipinski definition) is 1. The predicted molar refractivity (Wildman–Crippen MR) is 126 cm³/mol. The Kier molecular flexibility index (Phi) is 3.80. The van der Waals surface area contributed by atoms with Gasteiger partial charge >= 0.3 is 0 Å². The molecule has 0 saturated carbocycles. The van der Waals surface area contributed by atoms with Crippen molar-refractivity contribution in [2.45, 2.75) is 45.4 Å². The minimum atomic E-state index is 0.178. The number of imidazole rings is 1. The van der Waals surface area contributed by atoms with Crippen LogP contribution in [0, 0.1) is 6.92 Å². The lowest BCUT2D eigenvalue weighted by Gasteiger charge is -2.33. The summed E-state index contributed by atoms with van der Waals surface area (Å²) in [5.41, 5.74) is 8.30. The Labute approximate surface area is 181 Å². The van der Waals surface area contributed by atoms with Crippen molar-refractivity contribution in [2.24, 2.45) is 0 Å². The van der Waals surface area contributed by atoms with Crippen LogP contribution in [0.2, 0.25) is 0 Å². The Bertz CT molecular complexity index is 1470. The van der Waals surface area contributed by atoms with Crippen LogP contribution in [0.15, 0.2) is 47.1 Å².